The van der Waals surface area contributed by atoms with Gasteiger partial charge in [0, 0.05) is 57.8 Å². The molecule has 1 atom stereocenters. The number of pyridine rings is 1. The van der Waals surface area contributed by atoms with Crippen molar-refractivity contribution in [3.63, 3.8) is 0 Å². The molecule has 0 radical (unpaired) electrons. The summed E-state index contributed by atoms with van der Waals surface area (Å²) in [6.07, 6.45) is -0.769. The van der Waals surface area contributed by atoms with E-state index < -0.39 is 24.9 Å². The van der Waals surface area contributed by atoms with Crippen LogP contribution in [0.15, 0.2) is 24.4 Å². The smallest absolute Gasteiger partial charge is 0.345 e. The number of aromatic nitrogens is 1. The number of alkyl halides is 3. The maximum absolute atomic E-state index is 12.3. The van der Waals surface area contributed by atoms with E-state index in [2.05, 4.69) is 4.98 Å². The Morgan fingerprint density at radius 1 is 1.29 bits per heavy atom. The van der Waals surface area contributed by atoms with Crippen LogP contribution in [0.2, 0.25) is 0 Å². The standard InChI is InChI=1S/C20H28F3N3O2/c1-25(14-10-17-6-2-3-12-24-17)18(27)8-7-16-5-4-13-26(15-16)19(28)9-11-20(21,22)23/h2-3,6,12,16H,4-5,7-11,13-15H2,1H3/t16-/m0/s1. The lowest BCUT2D eigenvalue weighted by atomic mass is 9.93. The maximum atomic E-state index is 12.3. The molecule has 2 rings (SSSR count). The second kappa shape index (κ2) is 10.4. The highest BCUT2D eigenvalue weighted by atomic mass is 19.4. The predicted octanol–water partition coefficient (Wildman–Crippen LogP) is 3.44. The van der Waals surface area contributed by atoms with E-state index in [1.165, 1.54) is 4.90 Å². The number of piperidine rings is 1. The van der Waals surface area contributed by atoms with Gasteiger partial charge in [0.2, 0.25) is 11.8 Å². The number of hydrogen-bond donors (Lipinski definition) is 0. The van der Waals surface area contributed by atoms with Gasteiger partial charge in [0.05, 0.1) is 6.42 Å². The van der Waals surface area contributed by atoms with E-state index >= 15 is 0 Å². The van der Waals surface area contributed by atoms with Gasteiger partial charge in [-0.25, -0.2) is 0 Å². The Balaban J connectivity index is 1.70. The third-order valence-electron chi connectivity index (χ3n) is 5.12. The molecule has 5 nitrogen and oxygen atoms in total. The van der Waals surface area contributed by atoms with Crippen LogP contribution in [0.25, 0.3) is 0 Å². The first kappa shape index (κ1) is 22.2. The monoisotopic (exact) mass is 399 g/mol. The summed E-state index contributed by atoms with van der Waals surface area (Å²) in [5, 5.41) is 0. The van der Waals surface area contributed by atoms with Crippen LogP contribution in [0, 0.1) is 5.92 Å². The lowest BCUT2D eigenvalue weighted by Gasteiger charge is -2.33. The van der Waals surface area contributed by atoms with Crippen LogP contribution in [0.4, 0.5) is 13.2 Å². The average Bonchev–Trinajstić information content (AvgIpc) is 2.68. The summed E-state index contributed by atoms with van der Waals surface area (Å²) in [7, 11) is 1.76. The molecule has 8 heteroatoms. The Hall–Kier alpha value is -2.12. The van der Waals surface area contributed by atoms with Gasteiger partial charge in [0.1, 0.15) is 0 Å². The molecule has 0 aliphatic carbocycles. The first-order valence-electron chi connectivity index (χ1n) is 9.73. The van der Waals surface area contributed by atoms with Crippen molar-refractivity contribution in [2.75, 3.05) is 26.7 Å². The number of hydrogen-bond acceptors (Lipinski definition) is 3. The minimum atomic E-state index is -4.31. The van der Waals surface area contributed by atoms with Crippen molar-refractivity contribution >= 4 is 11.8 Å². The molecule has 1 aromatic rings. The molecule has 2 amide bonds. The Morgan fingerprint density at radius 2 is 2.07 bits per heavy atom. The second-order valence-electron chi connectivity index (χ2n) is 7.39. The SMILES string of the molecule is CN(CCc1ccccn1)C(=O)CC[C@@H]1CCCN(C(=O)CCC(F)(F)F)C1. The van der Waals surface area contributed by atoms with Crippen LogP contribution < -0.4 is 0 Å². The largest absolute Gasteiger partial charge is 0.389 e. The maximum Gasteiger partial charge on any atom is 0.389 e. The van der Waals surface area contributed by atoms with E-state index in [0.29, 0.717) is 38.9 Å². The van der Waals surface area contributed by atoms with Gasteiger partial charge in [-0.2, -0.15) is 13.2 Å². The zero-order chi connectivity index (χ0) is 20.6. The molecule has 1 fully saturated rings. The molecule has 28 heavy (non-hydrogen) atoms. The highest BCUT2D eigenvalue weighted by Crippen LogP contribution is 2.25. The number of likely N-dealkylation sites (tertiary alicyclic amines) is 1. The summed E-state index contributed by atoms with van der Waals surface area (Å²) in [4.78, 5) is 31.8. The number of carbonyl (C=O) groups excluding carboxylic acids is 2. The van der Waals surface area contributed by atoms with Gasteiger partial charge in [-0.05, 0) is 37.3 Å². The summed E-state index contributed by atoms with van der Waals surface area (Å²) in [5.74, 6) is -0.242. The first-order chi connectivity index (χ1) is 13.2. The highest BCUT2D eigenvalue weighted by molar-refractivity contribution is 5.76. The molecule has 0 spiro atoms. The van der Waals surface area contributed by atoms with E-state index in [1.54, 1.807) is 18.1 Å². The number of likely N-dealkylation sites (N-methyl/N-ethyl adjacent to an activating group) is 1. The number of carbonyl (C=O) groups is 2. The Bertz CT molecular complexity index is 637. The third-order valence-corrected chi connectivity index (χ3v) is 5.12. The fourth-order valence-corrected chi connectivity index (χ4v) is 3.41. The molecule has 0 bridgehead atoms. The fourth-order valence-electron chi connectivity index (χ4n) is 3.41. The van der Waals surface area contributed by atoms with Gasteiger partial charge in [-0.15, -0.1) is 0 Å². The number of amides is 2. The zero-order valence-electron chi connectivity index (χ0n) is 16.2. The van der Waals surface area contributed by atoms with Crippen molar-refractivity contribution in [3.05, 3.63) is 30.1 Å². The fraction of sp³-hybridized carbons (Fsp3) is 0.650. The van der Waals surface area contributed by atoms with Gasteiger partial charge >= 0.3 is 6.18 Å². The van der Waals surface area contributed by atoms with Gasteiger partial charge < -0.3 is 9.80 Å². The molecule has 0 aromatic carbocycles. The quantitative estimate of drug-likeness (QED) is 0.673. The van der Waals surface area contributed by atoms with Crippen LogP contribution in [0.1, 0.15) is 44.2 Å². The van der Waals surface area contributed by atoms with Gasteiger partial charge in [-0.3, -0.25) is 14.6 Å². The first-order valence-corrected chi connectivity index (χ1v) is 9.73. The van der Waals surface area contributed by atoms with E-state index in [4.69, 9.17) is 0 Å². The molecular formula is C20H28F3N3O2. The summed E-state index contributed by atoms with van der Waals surface area (Å²) in [6, 6.07) is 5.68. The van der Waals surface area contributed by atoms with Crippen molar-refractivity contribution in [3.8, 4) is 0 Å². The van der Waals surface area contributed by atoms with Crippen molar-refractivity contribution in [2.45, 2.75) is 51.1 Å². The molecule has 0 unspecified atom stereocenters. The summed E-state index contributed by atoms with van der Waals surface area (Å²) >= 11 is 0. The van der Waals surface area contributed by atoms with Crippen molar-refractivity contribution in [2.24, 2.45) is 5.92 Å². The average molecular weight is 399 g/mol. The normalized spacial score (nSPS) is 17.4. The Kier molecular flexibility index (Phi) is 8.26. The van der Waals surface area contributed by atoms with Crippen molar-refractivity contribution in [1.29, 1.82) is 0 Å². The molecule has 2 heterocycles. The molecule has 1 aliphatic heterocycles. The lowest BCUT2D eigenvalue weighted by molar-refractivity contribution is -0.150. The minimum Gasteiger partial charge on any atom is -0.345 e. The molecule has 0 saturated carbocycles. The van der Waals surface area contributed by atoms with Gasteiger partial charge in [-0.1, -0.05) is 6.07 Å². The molecule has 1 aromatic heterocycles. The van der Waals surface area contributed by atoms with Gasteiger partial charge in [0.15, 0.2) is 0 Å². The van der Waals surface area contributed by atoms with Crippen LogP contribution in [-0.2, 0) is 16.0 Å². The molecule has 0 N–H and O–H groups in total. The van der Waals surface area contributed by atoms with Gasteiger partial charge in [0.25, 0.3) is 0 Å². The van der Waals surface area contributed by atoms with Crippen LogP contribution in [0.5, 0.6) is 0 Å². The van der Waals surface area contributed by atoms with Crippen molar-refractivity contribution in [1.82, 2.24) is 14.8 Å². The van der Waals surface area contributed by atoms with E-state index in [0.717, 1.165) is 18.5 Å². The molecule has 1 aliphatic rings. The second-order valence-corrected chi connectivity index (χ2v) is 7.39. The van der Waals surface area contributed by atoms with Crippen LogP contribution >= 0.6 is 0 Å². The van der Waals surface area contributed by atoms with Crippen LogP contribution in [-0.4, -0.2) is 59.5 Å². The summed E-state index contributed by atoms with van der Waals surface area (Å²) < 4.78 is 36.9. The Morgan fingerprint density at radius 3 is 2.75 bits per heavy atom. The van der Waals surface area contributed by atoms with E-state index in [9.17, 15) is 22.8 Å². The topological polar surface area (TPSA) is 53.5 Å². The van der Waals surface area contributed by atoms with E-state index in [-0.39, 0.29) is 11.8 Å². The third kappa shape index (κ3) is 7.86. The molecular weight excluding hydrogens is 371 g/mol. The lowest BCUT2D eigenvalue weighted by Crippen LogP contribution is -2.40. The predicted molar refractivity (Wildman–Crippen MR) is 99.4 cm³/mol. The molecule has 1 saturated heterocycles. The van der Waals surface area contributed by atoms with Crippen molar-refractivity contribution < 1.29 is 22.8 Å². The van der Waals surface area contributed by atoms with Crippen LogP contribution in [0.3, 0.4) is 0 Å². The summed E-state index contributed by atoms with van der Waals surface area (Å²) in [6.45, 7) is 1.54. The number of nitrogens with zero attached hydrogens (tertiary/aromatic N) is 3. The molecule has 156 valence electrons. The zero-order valence-corrected chi connectivity index (χ0v) is 16.2. The number of rotatable bonds is 8. The number of halogens is 3. The highest BCUT2D eigenvalue weighted by Gasteiger charge is 2.30. The minimum absolute atomic E-state index is 0.0384. The summed E-state index contributed by atoms with van der Waals surface area (Å²) in [5.41, 5.74) is 0.933. The van der Waals surface area contributed by atoms with E-state index in [1.807, 2.05) is 18.2 Å². The Labute approximate surface area is 163 Å².